The van der Waals surface area contributed by atoms with Crippen molar-refractivity contribution in [3.63, 3.8) is 0 Å². The van der Waals surface area contributed by atoms with Crippen LogP contribution in [-0.4, -0.2) is 37.0 Å². The zero-order chi connectivity index (χ0) is 26.0. The van der Waals surface area contributed by atoms with Gasteiger partial charge in [0.2, 0.25) is 0 Å². The van der Waals surface area contributed by atoms with Crippen LogP contribution in [0.15, 0.2) is 103 Å². The van der Waals surface area contributed by atoms with Crippen LogP contribution in [0, 0.1) is 5.41 Å². The van der Waals surface area contributed by atoms with E-state index in [9.17, 15) is 4.79 Å². The van der Waals surface area contributed by atoms with Gasteiger partial charge in [-0.05, 0) is 72.5 Å². The minimum Gasteiger partial charge on any atom is -0.397 e. The summed E-state index contributed by atoms with van der Waals surface area (Å²) in [5.41, 5.74) is 13.0. The van der Waals surface area contributed by atoms with E-state index in [-0.39, 0.29) is 5.91 Å². The molecule has 2 aliphatic heterocycles. The van der Waals surface area contributed by atoms with E-state index in [0.29, 0.717) is 22.4 Å². The van der Waals surface area contributed by atoms with Gasteiger partial charge in [-0.3, -0.25) is 9.69 Å². The highest BCUT2D eigenvalue weighted by atomic mass is 16.1. The molecule has 2 heterocycles. The van der Waals surface area contributed by atoms with Crippen molar-refractivity contribution in [2.75, 3.05) is 42.1 Å². The maximum absolute atomic E-state index is 13.1. The first-order valence-corrected chi connectivity index (χ1v) is 13.4. The van der Waals surface area contributed by atoms with Crippen molar-refractivity contribution in [3.05, 3.63) is 114 Å². The summed E-state index contributed by atoms with van der Waals surface area (Å²) in [6, 6.07) is 34.6. The van der Waals surface area contributed by atoms with Crippen LogP contribution in [0.3, 0.4) is 0 Å². The van der Waals surface area contributed by atoms with Crippen LogP contribution in [0.2, 0.25) is 0 Å². The lowest BCUT2D eigenvalue weighted by atomic mass is 9.86. The van der Waals surface area contributed by atoms with E-state index < -0.39 is 0 Å². The summed E-state index contributed by atoms with van der Waals surface area (Å²) >= 11 is 0. The van der Waals surface area contributed by atoms with Crippen LogP contribution in [0.1, 0.15) is 28.8 Å². The average molecular weight is 503 g/mol. The highest BCUT2D eigenvalue weighted by Crippen LogP contribution is 2.41. The molecule has 2 aliphatic rings. The Morgan fingerprint density at radius 3 is 2.26 bits per heavy atom. The quantitative estimate of drug-likeness (QED) is 0.304. The van der Waals surface area contributed by atoms with E-state index in [4.69, 9.17) is 5.73 Å². The predicted octanol–water partition coefficient (Wildman–Crippen LogP) is 6.29. The molecular formula is C33H34N4O. The molecule has 0 aromatic heterocycles. The summed E-state index contributed by atoms with van der Waals surface area (Å²) in [5, 5.41) is 3.01. The molecule has 192 valence electrons. The summed E-state index contributed by atoms with van der Waals surface area (Å²) in [6.07, 6.45) is 2.47. The fourth-order valence-electron chi connectivity index (χ4n) is 5.99. The number of likely N-dealkylation sites (tertiary alicyclic amines) is 1. The van der Waals surface area contributed by atoms with Gasteiger partial charge in [0.15, 0.2) is 0 Å². The molecule has 5 nitrogen and oxygen atoms in total. The largest absolute Gasteiger partial charge is 0.397 e. The van der Waals surface area contributed by atoms with Crippen LogP contribution in [-0.2, 0) is 6.54 Å². The second-order valence-electron chi connectivity index (χ2n) is 10.8. The molecule has 38 heavy (non-hydrogen) atoms. The molecule has 1 amide bonds. The van der Waals surface area contributed by atoms with E-state index in [1.54, 1.807) is 0 Å². The van der Waals surface area contributed by atoms with E-state index in [1.807, 2.05) is 60.7 Å². The molecule has 4 aromatic carbocycles. The van der Waals surface area contributed by atoms with Crippen molar-refractivity contribution < 1.29 is 4.79 Å². The summed E-state index contributed by atoms with van der Waals surface area (Å²) in [7, 11) is 0. The Morgan fingerprint density at radius 1 is 0.789 bits per heavy atom. The smallest absolute Gasteiger partial charge is 0.255 e. The first kappa shape index (κ1) is 24.3. The van der Waals surface area contributed by atoms with Gasteiger partial charge < -0.3 is 16.0 Å². The number of hydrogen-bond donors (Lipinski definition) is 2. The van der Waals surface area contributed by atoms with Gasteiger partial charge in [-0.25, -0.2) is 0 Å². The van der Waals surface area contributed by atoms with Gasteiger partial charge in [0, 0.05) is 42.8 Å². The van der Waals surface area contributed by atoms with Crippen molar-refractivity contribution in [1.82, 2.24) is 4.90 Å². The number of nitrogen functional groups attached to an aromatic ring is 1. The summed E-state index contributed by atoms with van der Waals surface area (Å²) in [5.74, 6) is -0.154. The molecule has 2 saturated heterocycles. The standard InChI is InChI=1S/C33H34N4O/c34-30-16-13-28(26-9-5-2-6-10-26)21-31(30)35-32(38)27-11-14-29(15-12-27)37-20-18-33(24-37)17-19-36(23-33)22-25-7-3-1-4-8-25/h1-16,21H,17-20,22-24,34H2,(H,35,38). The molecule has 0 radical (unpaired) electrons. The third kappa shape index (κ3) is 5.15. The first-order valence-electron chi connectivity index (χ1n) is 13.4. The minimum absolute atomic E-state index is 0.154. The van der Waals surface area contributed by atoms with Crippen molar-refractivity contribution in [2.45, 2.75) is 19.4 Å². The highest BCUT2D eigenvalue weighted by Gasteiger charge is 2.43. The number of carbonyl (C=O) groups excluding carboxylic acids is 1. The molecule has 6 rings (SSSR count). The monoisotopic (exact) mass is 502 g/mol. The lowest BCUT2D eigenvalue weighted by Crippen LogP contribution is -2.30. The number of nitrogens with one attached hydrogen (secondary N) is 1. The highest BCUT2D eigenvalue weighted by molar-refractivity contribution is 6.06. The SMILES string of the molecule is Nc1ccc(-c2ccccc2)cc1NC(=O)c1ccc(N2CCC3(CCN(Cc4ccccc4)C3)C2)cc1. The maximum Gasteiger partial charge on any atom is 0.255 e. The van der Waals surface area contributed by atoms with Gasteiger partial charge >= 0.3 is 0 Å². The molecule has 0 aliphatic carbocycles. The molecule has 0 saturated carbocycles. The summed E-state index contributed by atoms with van der Waals surface area (Å²) < 4.78 is 0. The van der Waals surface area contributed by atoms with E-state index in [1.165, 1.54) is 24.1 Å². The van der Waals surface area contributed by atoms with Gasteiger partial charge in [0.25, 0.3) is 5.91 Å². The van der Waals surface area contributed by atoms with Crippen molar-refractivity contribution in [2.24, 2.45) is 5.41 Å². The van der Waals surface area contributed by atoms with E-state index in [0.717, 1.165) is 43.9 Å². The number of nitrogens with two attached hydrogens (primary N) is 1. The Labute approximate surface area is 224 Å². The lowest BCUT2D eigenvalue weighted by molar-refractivity contribution is 0.102. The summed E-state index contributed by atoms with van der Waals surface area (Å²) in [4.78, 5) is 18.1. The second-order valence-corrected chi connectivity index (χ2v) is 10.8. The average Bonchev–Trinajstić information content (AvgIpc) is 3.56. The van der Waals surface area contributed by atoms with Crippen molar-refractivity contribution in [3.8, 4) is 11.1 Å². The van der Waals surface area contributed by atoms with Crippen molar-refractivity contribution in [1.29, 1.82) is 0 Å². The number of hydrogen-bond acceptors (Lipinski definition) is 4. The second kappa shape index (κ2) is 10.3. The number of nitrogens with zero attached hydrogens (tertiary/aromatic N) is 2. The van der Waals surface area contributed by atoms with Gasteiger partial charge in [-0.1, -0.05) is 66.7 Å². The topological polar surface area (TPSA) is 61.6 Å². The van der Waals surface area contributed by atoms with Gasteiger partial charge in [-0.15, -0.1) is 0 Å². The number of rotatable bonds is 6. The van der Waals surface area contributed by atoms with Crippen LogP contribution < -0.4 is 16.0 Å². The normalized spacial score (nSPS) is 19.2. The fraction of sp³-hybridized carbons (Fsp3) is 0.242. The van der Waals surface area contributed by atoms with Crippen LogP contribution in [0.25, 0.3) is 11.1 Å². The first-order chi connectivity index (χ1) is 18.6. The number of carbonyl (C=O) groups is 1. The number of amides is 1. The van der Waals surface area contributed by atoms with Gasteiger partial charge in [-0.2, -0.15) is 0 Å². The summed E-state index contributed by atoms with van der Waals surface area (Å²) in [6.45, 7) is 5.49. The molecule has 3 N–H and O–H groups in total. The molecule has 2 fully saturated rings. The number of benzene rings is 4. The molecule has 1 spiro atoms. The van der Waals surface area contributed by atoms with Gasteiger partial charge in [0.05, 0.1) is 11.4 Å². The Morgan fingerprint density at radius 2 is 1.50 bits per heavy atom. The zero-order valence-corrected chi connectivity index (χ0v) is 21.6. The minimum atomic E-state index is -0.154. The van der Waals surface area contributed by atoms with E-state index in [2.05, 4.69) is 57.6 Å². The molecule has 1 unspecified atom stereocenters. The lowest BCUT2D eigenvalue weighted by Gasteiger charge is -2.26. The zero-order valence-electron chi connectivity index (χ0n) is 21.6. The molecule has 0 bridgehead atoms. The number of anilines is 3. The third-order valence-corrected chi connectivity index (χ3v) is 8.11. The van der Waals surface area contributed by atoms with Crippen molar-refractivity contribution >= 4 is 23.0 Å². The molecule has 5 heteroatoms. The Kier molecular flexibility index (Phi) is 6.61. The van der Waals surface area contributed by atoms with Crippen LogP contribution >= 0.6 is 0 Å². The van der Waals surface area contributed by atoms with Gasteiger partial charge in [0.1, 0.15) is 0 Å². The predicted molar refractivity (Wildman–Crippen MR) is 156 cm³/mol. The molecule has 1 atom stereocenters. The molecule has 4 aromatic rings. The Bertz CT molecular complexity index is 1400. The van der Waals surface area contributed by atoms with E-state index >= 15 is 0 Å². The molecular weight excluding hydrogens is 468 g/mol. The van der Waals surface area contributed by atoms with Crippen LogP contribution in [0.4, 0.5) is 17.1 Å². The third-order valence-electron chi connectivity index (χ3n) is 8.11. The Balaban J connectivity index is 1.08. The maximum atomic E-state index is 13.1. The fourth-order valence-corrected chi connectivity index (χ4v) is 5.99. The Hall–Kier alpha value is -4.09. The van der Waals surface area contributed by atoms with Crippen LogP contribution in [0.5, 0.6) is 0 Å².